The normalized spacial score (nSPS) is 12.0. The standard InChI is InChI=1S/C31H38BrN3O5S/c1-6-7-18-33-31(37)24(4)34(20-25-11-13-26(32)14-12-25)30(36)21-35(28-19-23(3)10-17-29(28)40-5)41(38,39)27-15-8-22(2)9-16-27/h8-17,19,24H,6-7,18,20-21H2,1-5H3,(H,33,37)/t24-/m0/s1. The lowest BCUT2D eigenvalue weighted by molar-refractivity contribution is -0.139. The Labute approximate surface area is 251 Å². The second kappa shape index (κ2) is 14.5. The summed E-state index contributed by atoms with van der Waals surface area (Å²) in [5.41, 5.74) is 2.75. The van der Waals surface area contributed by atoms with E-state index in [1.807, 2.05) is 51.1 Å². The quantitative estimate of drug-likeness (QED) is 0.245. The summed E-state index contributed by atoms with van der Waals surface area (Å²) in [7, 11) is -2.74. The molecule has 0 unspecified atom stereocenters. The van der Waals surface area contributed by atoms with Gasteiger partial charge in [0.15, 0.2) is 0 Å². The largest absolute Gasteiger partial charge is 0.495 e. The highest BCUT2D eigenvalue weighted by Crippen LogP contribution is 2.34. The Hall–Kier alpha value is -3.37. The van der Waals surface area contributed by atoms with Gasteiger partial charge in [-0.1, -0.05) is 65.2 Å². The number of hydrogen-bond donors (Lipinski definition) is 1. The first-order valence-electron chi connectivity index (χ1n) is 13.5. The molecule has 3 aromatic carbocycles. The van der Waals surface area contributed by atoms with E-state index in [4.69, 9.17) is 4.74 Å². The third-order valence-corrected chi connectivity index (χ3v) is 9.06. The number of sulfonamides is 1. The fraction of sp³-hybridized carbons (Fsp3) is 0.355. The summed E-state index contributed by atoms with van der Waals surface area (Å²) in [6.45, 7) is 7.48. The Balaban J connectivity index is 2.06. The summed E-state index contributed by atoms with van der Waals surface area (Å²) < 4.78 is 35.6. The zero-order chi connectivity index (χ0) is 30.2. The fourth-order valence-electron chi connectivity index (χ4n) is 4.25. The van der Waals surface area contributed by atoms with Crippen LogP contribution in [0.2, 0.25) is 0 Å². The van der Waals surface area contributed by atoms with Crippen molar-refractivity contribution in [1.29, 1.82) is 0 Å². The first kappa shape index (κ1) is 32.1. The molecule has 0 aliphatic rings. The molecule has 220 valence electrons. The number of amides is 2. The van der Waals surface area contributed by atoms with Crippen LogP contribution in [0.25, 0.3) is 0 Å². The van der Waals surface area contributed by atoms with Gasteiger partial charge in [0.1, 0.15) is 18.3 Å². The molecule has 0 aliphatic carbocycles. The Bertz CT molecular complexity index is 1440. The van der Waals surface area contributed by atoms with Crippen LogP contribution in [0.15, 0.2) is 76.1 Å². The number of rotatable bonds is 13. The number of methoxy groups -OCH3 is 1. The van der Waals surface area contributed by atoms with Crippen molar-refractivity contribution >= 4 is 43.5 Å². The maximum absolute atomic E-state index is 14.1. The number of nitrogens with one attached hydrogen (secondary N) is 1. The second-order valence-corrected chi connectivity index (χ2v) is 12.7. The summed E-state index contributed by atoms with van der Waals surface area (Å²) in [5.74, 6) is -0.515. The minimum absolute atomic E-state index is 0.0456. The lowest BCUT2D eigenvalue weighted by atomic mass is 10.1. The molecular weight excluding hydrogens is 606 g/mol. The lowest BCUT2D eigenvalue weighted by Crippen LogP contribution is -2.51. The Morgan fingerprint density at radius 1 is 0.976 bits per heavy atom. The van der Waals surface area contributed by atoms with E-state index in [0.29, 0.717) is 12.3 Å². The van der Waals surface area contributed by atoms with Crippen molar-refractivity contribution in [3.05, 3.63) is 87.9 Å². The predicted octanol–water partition coefficient (Wildman–Crippen LogP) is 5.60. The van der Waals surface area contributed by atoms with Gasteiger partial charge in [0.2, 0.25) is 11.8 Å². The average molecular weight is 645 g/mol. The van der Waals surface area contributed by atoms with Crippen molar-refractivity contribution < 1.29 is 22.7 Å². The van der Waals surface area contributed by atoms with Gasteiger partial charge >= 0.3 is 0 Å². The molecule has 1 atom stereocenters. The van der Waals surface area contributed by atoms with Gasteiger partial charge in [-0.15, -0.1) is 0 Å². The first-order chi connectivity index (χ1) is 19.5. The van der Waals surface area contributed by atoms with Crippen LogP contribution in [0, 0.1) is 13.8 Å². The Kier molecular flexibility index (Phi) is 11.4. The highest BCUT2D eigenvalue weighted by molar-refractivity contribution is 9.10. The minimum Gasteiger partial charge on any atom is -0.495 e. The van der Waals surface area contributed by atoms with E-state index in [2.05, 4.69) is 21.2 Å². The fourth-order valence-corrected chi connectivity index (χ4v) is 5.93. The molecule has 0 aliphatic heterocycles. The molecule has 2 amide bonds. The van der Waals surface area contributed by atoms with Crippen molar-refractivity contribution in [2.24, 2.45) is 0 Å². The van der Waals surface area contributed by atoms with Crippen molar-refractivity contribution in [2.45, 2.75) is 58.0 Å². The van der Waals surface area contributed by atoms with E-state index in [0.717, 1.165) is 38.3 Å². The highest BCUT2D eigenvalue weighted by atomic mass is 79.9. The van der Waals surface area contributed by atoms with E-state index in [-0.39, 0.29) is 23.0 Å². The molecule has 10 heteroatoms. The number of carbonyl (C=O) groups is 2. The predicted molar refractivity (Wildman–Crippen MR) is 166 cm³/mol. The zero-order valence-electron chi connectivity index (χ0n) is 24.2. The number of hydrogen-bond acceptors (Lipinski definition) is 5. The van der Waals surface area contributed by atoms with Gasteiger partial charge in [0.25, 0.3) is 10.0 Å². The van der Waals surface area contributed by atoms with Gasteiger partial charge < -0.3 is 15.0 Å². The highest BCUT2D eigenvalue weighted by Gasteiger charge is 2.33. The number of unbranched alkanes of at least 4 members (excludes halogenated alkanes) is 1. The molecule has 41 heavy (non-hydrogen) atoms. The zero-order valence-corrected chi connectivity index (χ0v) is 26.6. The third-order valence-electron chi connectivity index (χ3n) is 6.75. The summed E-state index contributed by atoms with van der Waals surface area (Å²) in [4.78, 5) is 28.6. The van der Waals surface area contributed by atoms with Gasteiger partial charge in [-0.05, 0) is 74.7 Å². The number of halogens is 1. The van der Waals surface area contributed by atoms with E-state index in [1.165, 1.54) is 24.1 Å². The summed E-state index contributed by atoms with van der Waals surface area (Å²) >= 11 is 3.42. The summed E-state index contributed by atoms with van der Waals surface area (Å²) in [5, 5.41) is 2.89. The van der Waals surface area contributed by atoms with E-state index >= 15 is 0 Å². The van der Waals surface area contributed by atoms with Crippen LogP contribution in [-0.4, -0.2) is 51.4 Å². The molecule has 3 aromatic rings. The van der Waals surface area contributed by atoms with Crippen LogP contribution in [0.3, 0.4) is 0 Å². The smallest absolute Gasteiger partial charge is 0.264 e. The lowest BCUT2D eigenvalue weighted by Gasteiger charge is -2.32. The number of nitrogens with zero attached hydrogens (tertiary/aromatic N) is 2. The van der Waals surface area contributed by atoms with Crippen LogP contribution in [0.4, 0.5) is 5.69 Å². The van der Waals surface area contributed by atoms with Crippen molar-refractivity contribution in [3.8, 4) is 5.75 Å². The molecule has 0 saturated heterocycles. The summed E-state index contributed by atoms with van der Waals surface area (Å²) in [6, 6.07) is 18.2. The average Bonchev–Trinajstić information content (AvgIpc) is 2.95. The topological polar surface area (TPSA) is 96.0 Å². The molecule has 0 heterocycles. The van der Waals surface area contributed by atoms with Gasteiger partial charge in [-0.25, -0.2) is 8.42 Å². The van der Waals surface area contributed by atoms with Gasteiger partial charge in [0.05, 0.1) is 17.7 Å². The summed E-state index contributed by atoms with van der Waals surface area (Å²) in [6.07, 6.45) is 1.73. The van der Waals surface area contributed by atoms with E-state index in [1.54, 1.807) is 31.2 Å². The number of benzene rings is 3. The number of anilines is 1. The molecule has 1 N–H and O–H groups in total. The number of ether oxygens (including phenoxy) is 1. The van der Waals surface area contributed by atoms with Crippen LogP contribution in [0.1, 0.15) is 43.4 Å². The Morgan fingerprint density at radius 3 is 2.22 bits per heavy atom. The maximum atomic E-state index is 14.1. The second-order valence-electron chi connectivity index (χ2n) is 9.97. The van der Waals surface area contributed by atoms with Gasteiger partial charge in [-0.3, -0.25) is 13.9 Å². The van der Waals surface area contributed by atoms with Crippen LogP contribution < -0.4 is 14.4 Å². The molecule has 8 nitrogen and oxygen atoms in total. The Morgan fingerprint density at radius 2 is 1.61 bits per heavy atom. The molecule has 0 spiro atoms. The molecule has 0 saturated carbocycles. The molecular formula is C31H38BrN3O5S. The minimum atomic E-state index is -4.19. The van der Waals surface area contributed by atoms with Gasteiger partial charge in [0, 0.05) is 17.6 Å². The molecule has 0 bridgehead atoms. The van der Waals surface area contributed by atoms with Crippen molar-refractivity contribution in [2.75, 3.05) is 24.5 Å². The van der Waals surface area contributed by atoms with E-state index in [9.17, 15) is 18.0 Å². The molecule has 0 fully saturated rings. The number of aryl methyl sites for hydroxylation is 2. The van der Waals surface area contributed by atoms with Gasteiger partial charge in [-0.2, -0.15) is 0 Å². The third kappa shape index (κ3) is 8.33. The maximum Gasteiger partial charge on any atom is 0.264 e. The van der Waals surface area contributed by atoms with Crippen molar-refractivity contribution in [3.63, 3.8) is 0 Å². The molecule has 3 rings (SSSR count). The molecule has 0 radical (unpaired) electrons. The van der Waals surface area contributed by atoms with Crippen LogP contribution in [-0.2, 0) is 26.2 Å². The van der Waals surface area contributed by atoms with Crippen LogP contribution >= 0.6 is 15.9 Å². The monoisotopic (exact) mass is 643 g/mol. The first-order valence-corrected chi connectivity index (χ1v) is 15.8. The van der Waals surface area contributed by atoms with E-state index < -0.39 is 28.5 Å². The van der Waals surface area contributed by atoms with Crippen molar-refractivity contribution in [1.82, 2.24) is 10.2 Å². The SMILES string of the molecule is CCCCNC(=O)[C@H](C)N(Cc1ccc(Br)cc1)C(=O)CN(c1cc(C)ccc1OC)S(=O)(=O)c1ccc(C)cc1. The molecule has 0 aromatic heterocycles. The number of carbonyl (C=O) groups excluding carboxylic acids is 2. The van der Waals surface area contributed by atoms with Crippen LogP contribution in [0.5, 0.6) is 5.75 Å².